The van der Waals surface area contributed by atoms with E-state index in [9.17, 15) is 0 Å². The Morgan fingerprint density at radius 3 is 2.15 bits per heavy atom. The Morgan fingerprint density at radius 1 is 1.38 bits per heavy atom. The van der Waals surface area contributed by atoms with Gasteiger partial charge in [-0.1, -0.05) is 11.6 Å². The normalized spacial score (nSPS) is 18.8. The molecule has 0 aliphatic carbocycles. The number of aliphatic hydroxyl groups is 1. The van der Waals surface area contributed by atoms with Crippen molar-refractivity contribution < 1.29 is 14.9 Å². The third kappa shape index (κ3) is 4.72. The number of ether oxygens (including phenoxy) is 1. The zero-order chi connectivity index (χ0) is 9.68. The minimum Gasteiger partial charge on any atom is -0.508 e. The molecule has 13 heavy (non-hydrogen) atoms. The molecule has 1 aromatic carbocycles. The van der Waals surface area contributed by atoms with Gasteiger partial charge in [0.25, 0.3) is 0 Å². The van der Waals surface area contributed by atoms with Gasteiger partial charge in [0.2, 0.25) is 0 Å². The topological polar surface area (TPSA) is 53.0 Å². The van der Waals surface area contributed by atoms with Gasteiger partial charge in [0.05, 0.1) is 13.2 Å². The second kappa shape index (κ2) is 5.07. The van der Waals surface area contributed by atoms with Crippen LogP contribution >= 0.6 is 11.6 Å². The van der Waals surface area contributed by atoms with Crippen molar-refractivity contribution in [3.05, 3.63) is 29.3 Å². The molecule has 0 radical (unpaired) electrons. The number of phenolic OH excluding ortho intramolecular Hbond substituents is 1. The van der Waals surface area contributed by atoms with Gasteiger partial charge in [-0.2, -0.15) is 0 Å². The van der Waals surface area contributed by atoms with Crippen molar-refractivity contribution in [2.24, 2.45) is 0 Å². The van der Waals surface area contributed by atoms with Crippen LogP contribution in [0.4, 0.5) is 0 Å². The summed E-state index contributed by atoms with van der Waals surface area (Å²) < 4.78 is 4.61. The highest BCUT2D eigenvalue weighted by Crippen LogP contribution is 2.12. The molecule has 3 nitrogen and oxygen atoms in total. The predicted octanol–water partition coefficient (Wildman–Crippen LogP) is 1.42. The first-order chi connectivity index (χ1) is 6.22. The van der Waals surface area contributed by atoms with Crippen LogP contribution in [0.25, 0.3) is 0 Å². The van der Waals surface area contributed by atoms with Crippen LogP contribution in [0.3, 0.4) is 0 Å². The zero-order valence-corrected chi connectivity index (χ0v) is 7.74. The summed E-state index contributed by atoms with van der Waals surface area (Å²) in [5, 5.41) is 17.4. The fourth-order valence-corrected chi connectivity index (χ4v) is 0.741. The first-order valence-corrected chi connectivity index (χ1v) is 4.27. The van der Waals surface area contributed by atoms with Gasteiger partial charge >= 0.3 is 0 Å². The summed E-state index contributed by atoms with van der Waals surface area (Å²) in [7, 11) is 0. The van der Waals surface area contributed by atoms with E-state index in [1.807, 2.05) is 0 Å². The van der Waals surface area contributed by atoms with E-state index in [1.54, 1.807) is 24.3 Å². The third-order valence-corrected chi connectivity index (χ3v) is 1.68. The Labute approximate surface area is 81.5 Å². The predicted molar refractivity (Wildman–Crippen MR) is 49.9 cm³/mol. The molecule has 1 heterocycles. The van der Waals surface area contributed by atoms with Gasteiger partial charge in [-0.3, -0.25) is 0 Å². The average Bonchev–Trinajstić information content (AvgIpc) is 2.94. The maximum atomic E-state index is 8.70. The molecular formula is C9H11ClO3. The Kier molecular flexibility index (Phi) is 4.02. The van der Waals surface area contributed by atoms with Crippen LogP contribution in [0.2, 0.25) is 5.02 Å². The van der Waals surface area contributed by atoms with E-state index in [0.29, 0.717) is 5.02 Å². The van der Waals surface area contributed by atoms with Crippen LogP contribution in [0, 0.1) is 0 Å². The number of aliphatic hydroxyl groups excluding tert-OH is 1. The molecule has 0 spiro atoms. The Bertz CT molecular complexity index is 223. The fraction of sp³-hybridized carbons (Fsp3) is 0.333. The molecule has 1 unspecified atom stereocenters. The molecule has 0 saturated carbocycles. The molecule has 0 amide bonds. The van der Waals surface area contributed by atoms with Gasteiger partial charge in [0, 0.05) is 5.02 Å². The van der Waals surface area contributed by atoms with Crippen molar-refractivity contribution in [3.63, 3.8) is 0 Å². The molecule has 1 aliphatic heterocycles. The number of rotatable bonds is 1. The largest absolute Gasteiger partial charge is 0.508 e. The standard InChI is InChI=1S/C6H5ClO.C3H6O2/c7-5-1-3-6(8)4-2-5;4-1-3-2-5-3/h1-4,8H;3-4H,1-2H2. The lowest BCUT2D eigenvalue weighted by atomic mass is 10.3. The number of phenols is 1. The van der Waals surface area contributed by atoms with Crippen LogP contribution < -0.4 is 0 Å². The van der Waals surface area contributed by atoms with Gasteiger partial charge < -0.3 is 14.9 Å². The van der Waals surface area contributed by atoms with Crippen molar-refractivity contribution in [2.75, 3.05) is 13.2 Å². The quantitative estimate of drug-likeness (QED) is 0.678. The molecule has 72 valence electrons. The summed E-state index contributed by atoms with van der Waals surface area (Å²) in [5.74, 6) is 0.245. The summed E-state index contributed by atoms with van der Waals surface area (Å²) in [6, 6.07) is 6.36. The van der Waals surface area contributed by atoms with E-state index < -0.39 is 0 Å². The van der Waals surface area contributed by atoms with Crippen molar-refractivity contribution in [1.29, 1.82) is 0 Å². The Balaban J connectivity index is 0.000000145. The summed E-state index contributed by atoms with van der Waals surface area (Å²) in [6.07, 6.45) is 0.190. The molecule has 2 rings (SSSR count). The summed E-state index contributed by atoms with van der Waals surface area (Å²) in [5.41, 5.74) is 0. The number of aromatic hydroxyl groups is 1. The Hall–Kier alpha value is -0.770. The summed E-state index contributed by atoms with van der Waals surface area (Å²) in [6.45, 7) is 0.955. The lowest BCUT2D eigenvalue weighted by molar-refractivity contribution is 0.244. The summed E-state index contributed by atoms with van der Waals surface area (Å²) >= 11 is 5.50. The number of halogens is 1. The van der Waals surface area contributed by atoms with Crippen LogP contribution in [-0.2, 0) is 4.74 Å². The maximum Gasteiger partial charge on any atom is 0.115 e. The smallest absolute Gasteiger partial charge is 0.115 e. The minimum atomic E-state index is 0.190. The van der Waals surface area contributed by atoms with Crippen LogP contribution in [0.15, 0.2) is 24.3 Å². The van der Waals surface area contributed by atoms with E-state index in [4.69, 9.17) is 21.8 Å². The first-order valence-electron chi connectivity index (χ1n) is 3.89. The van der Waals surface area contributed by atoms with E-state index in [1.165, 1.54) is 0 Å². The third-order valence-electron chi connectivity index (χ3n) is 1.43. The monoisotopic (exact) mass is 202 g/mol. The van der Waals surface area contributed by atoms with E-state index in [0.717, 1.165) is 6.61 Å². The second-order valence-electron chi connectivity index (χ2n) is 2.61. The molecule has 1 aliphatic rings. The van der Waals surface area contributed by atoms with Crippen molar-refractivity contribution in [2.45, 2.75) is 6.10 Å². The van der Waals surface area contributed by atoms with Gasteiger partial charge in [0.1, 0.15) is 11.9 Å². The molecule has 1 atom stereocenters. The number of hydrogen-bond donors (Lipinski definition) is 2. The summed E-state index contributed by atoms with van der Waals surface area (Å²) in [4.78, 5) is 0. The second-order valence-corrected chi connectivity index (χ2v) is 3.05. The molecule has 1 fully saturated rings. The average molecular weight is 203 g/mol. The molecule has 0 aromatic heterocycles. The van der Waals surface area contributed by atoms with Crippen LogP contribution in [0.1, 0.15) is 0 Å². The maximum absolute atomic E-state index is 8.70. The van der Waals surface area contributed by atoms with Gasteiger partial charge in [-0.05, 0) is 24.3 Å². The number of hydrogen-bond acceptors (Lipinski definition) is 3. The fourth-order valence-electron chi connectivity index (χ4n) is 0.615. The SMILES string of the molecule is OCC1CO1.Oc1ccc(Cl)cc1. The van der Waals surface area contributed by atoms with Crippen molar-refractivity contribution >= 4 is 11.6 Å². The lowest BCUT2D eigenvalue weighted by Gasteiger charge is -1.87. The zero-order valence-electron chi connectivity index (χ0n) is 6.98. The van der Waals surface area contributed by atoms with E-state index >= 15 is 0 Å². The molecule has 1 aromatic rings. The van der Waals surface area contributed by atoms with E-state index in [2.05, 4.69) is 4.74 Å². The highest BCUT2D eigenvalue weighted by Gasteiger charge is 2.19. The highest BCUT2D eigenvalue weighted by atomic mass is 35.5. The first kappa shape index (κ1) is 10.3. The van der Waals surface area contributed by atoms with Crippen molar-refractivity contribution in [3.8, 4) is 5.75 Å². The molecule has 1 saturated heterocycles. The van der Waals surface area contributed by atoms with E-state index in [-0.39, 0.29) is 18.5 Å². The number of epoxide rings is 1. The number of benzene rings is 1. The lowest BCUT2D eigenvalue weighted by Crippen LogP contribution is -1.88. The Morgan fingerprint density at radius 2 is 1.92 bits per heavy atom. The van der Waals surface area contributed by atoms with Gasteiger partial charge in [-0.15, -0.1) is 0 Å². The molecule has 0 bridgehead atoms. The van der Waals surface area contributed by atoms with Crippen molar-refractivity contribution in [1.82, 2.24) is 0 Å². The molecule has 4 heteroatoms. The molecular weight excluding hydrogens is 192 g/mol. The van der Waals surface area contributed by atoms with Gasteiger partial charge in [0.15, 0.2) is 0 Å². The highest BCUT2D eigenvalue weighted by molar-refractivity contribution is 6.30. The van der Waals surface area contributed by atoms with Gasteiger partial charge in [-0.25, -0.2) is 0 Å². The minimum absolute atomic E-state index is 0.190. The van der Waals surface area contributed by atoms with Crippen LogP contribution in [-0.4, -0.2) is 29.5 Å². The molecule has 2 N–H and O–H groups in total. The van der Waals surface area contributed by atoms with Crippen LogP contribution in [0.5, 0.6) is 5.75 Å².